The van der Waals surface area contributed by atoms with Gasteiger partial charge >= 0.3 is 119 Å². The first-order valence-corrected chi connectivity index (χ1v) is 14.7. The molecule has 160 valence electrons. The monoisotopic (exact) mass is 580 g/mol. The van der Waals surface area contributed by atoms with E-state index in [2.05, 4.69) is 4.26 Å². The van der Waals surface area contributed by atoms with E-state index in [9.17, 15) is 26.3 Å². The van der Waals surface area contributed by atoms with E-state index in [1.807, 2.05) is 0 Å². The summed E-state index contributed by atoms with van der Waals surface area (Å²) in [7, 11) is 0. The first-order chi connectivity index (χ1) is 12.6. The minimum atomic E-state index is -4.40. The third-order valence-electron chi connectivity index (χ3n) is 3.17. The van der Waals surface area contributed by atoms with Gasteiger partial charge in [-0.05, 0) is 27.7 Å². The molecule has 0 radical (unpaired) electrons. The summed E-state index contributed by atoms with van der Waals surface area (Å²) in [6.07, 6.45) is -4.49. The Labute approximate surface area is 169 Å². The Bertz CT molecular complexity index is 603. The number of aliphatic hydroxyl groups excluding tert-OH is 2. The molecule has 0 heterocycles. The van der Waals surface area contributed by atoms with Gasteiger partial charge < -0.3 is 10.2 Å². The second kappa shape index (κ2) is 11.4. The third-order valence-corrected chi connectivity index (χ3v) is 11.2. The van der Waals surface area contributed by atoms with Gasteiger partial charge in [0.2, 0.25) is 0 Å². The summed E-state index contributed by atoms with van der Waals surface area (Å²) in [6, 6.07) is 0. The van der Waals surface area contributed by atoms with E-state index >= 15 is 0 Å². The van der Waals surface area contributed by atoms with Crippen LogP contribution < -0.4 is 0 Å². The van der Waals surface area contributed by atoms with E-state index in [1.165, 1.54) is 0 Å². The molecule has 0 saturated heterocycles. The van der Waals surface area contributed by atoms with Crippen molar-refractivity contribution in [3.63, 3.8) is 0 Å². The zero-order valence-electron chi connectivity index (χ0n) is 16.2. The van der Waals surface area contributed by atoms with Gasteiger partial charge in [-0.1, -0.05) is 0 Å². The first kappa shape index (κ1) is 27.2. The number of aliphatic hydroxyl groups is 2. The van der Waals surface area contributed by atoms with Crippen molar-refractivity contribution in [2.75, 3.05) is 0 Å². The van der Waals surface area contributed by atoms with Crippen molar-refractivity contribution in [2.45, 2.75) is 65.1 Å². The molecule has 0 fully saturated rings. The van der Waals surface area contributed by atoms with E-state index in [1.54, 1.807) is 27.7 Å². The van der Waals surface area contributed by atoms with Crippen LogP contribution in [0.2, 0.25) is 0 Å². The quantitative estimate of drug-likeness (QED) is 0.342. The summed E-state index contributed by atoms with van der Waals surface area (Å²) in [6.45, 7) is 6.89. The number of rotatable bonds is 2. The second-order valence-corrected chi connectivity index (χ2v) is 14.8. The van der Waals surface area contributed by atoms with E-state index in [0.717, 1.165) is 24.3 Å². The number of hydrogen-bond acceptors (Lipinski definition) is 2. The van der Waals surface area contributed by atoms with E-state index in [4.69, 9.17) is 10.2 Å². The molecule has 0 aromatic carbocycles. The summed E-state index contributed by atoms with van der Waals surface area (Å²) < 4.78 is 80.2. The molecule has 2 aliphatic rings. The predicted molar refractivity (Wildman–Crippen MR) is 95.5 cm³/mol. The maximum absolute atomic E-state index is 12.5. The third kappa shape index (κ3) is 10.7. The molecule has 0 aliphatic heterocycles. The number of halogens is 6. The number of allylic oxidation sites excluding steroid dienone is 8. The van der Waals surface area contributed by atoms with Crippen LogP contribution in [0.1, 0.15) is 40.5 Å². The van der Waals surface area contributed by atoms with E-state index in [0.29, 0.717) is 6.66 Å². The predicted octanol–water partition coefficient (Wildman–Crippen LogP) is 5.36. The Balaban J connectivity index is 0.000000776. The summed E-state index contributed by atoms with van der Waals surface area (Å²) in [4.78, 5) is 0. The average Bonchev–Trinajstić information content (AvgIpc) is 3.14. The maximum atomic E-state index is 12.5. The van der Waals surface area contributed by atoms with E-state index in [-0.39, 0.29) is 25.0 Å². The van der Waals surface area contributed by atoms with Crippen LogP contribution in [-0.4, -0.2) is 39.0 Å². The summed E-state index contributed by atoms with van der Waals surface area (Å²) in [5.41, 5.74) is -1.41. The Hall–Kier alpha value is -0.800. The number of alkyl halides is 6. The fourth-order valence-electron chi connectivity index (χ4n) is 2.07. The molecule has 0 aromatic rings. The van der Waals surface area contributed by atoms with Gasteiger partial charge in [-0.15, -0.1) is 0 Å². The van der Waals surface area contributed by atoms with Crippen molar-refractivity contribution in [2.24, 2.45) is 0 Å². The van der Waals surface area contributed by atoms with Crippen molar-refractivity contribution in [1.29, 1.82) is 0 Å². The molecular weight excluding hydrogens is 553 g/mol. The van der Waals surface area contributed by atoms with Crippen molar-refractivity contribution in [3.8, 4) is 0 Å². The van der Waals surface area contributed by atoms with Gasteiger partial charge in [-0.25, -0.2) is 0 Å². The van der Waals surface area contributed by atoms with Gasteiger partial charge in [0.15, 0.2) is 0 Å². The number of hydrogen-bond donors (Lipinski definition) is 2. The van der Waals surface area contributed by atoms with Crippen molar-refractivity contribution in [3.05, 3.63) is 42.1 Å². The zero-order valence-corrected chi connectivity index (χ0v) is 19.8. The molecule has 0 saturated carbocycles. The van der Waals surface area contributed by atoms with Crippen molar-refractivity contribution in [1.82, 2.24) is 0 Å². The normalized spacial score (nSPS) is 16.5. The molecule has 0 bridgehead atoms. The first-order valence-electron chi connectivity index (χ1n) is 8.57. The van der Waals surface area contributed by atoms with Crippen LogP contribution in [0.15, 0.2) is 42.1 Å². The van der Waals surface area contributed by atoms with Crippen LogP contribution in [0, 0.1) is 0 Å². The Kier molecular flexibility index (Phi) is 11.1. The Morgan fingerprint density at radius 1 is 0.786 bits per heavy atom. The molecule has 2 N–H and O–H groups in total. The summed E-state index contributed by atoms with van der Waals surface area (Å²) in [5.74, 6) is 0. The molecule has 0 spiro atoms. The fraction of sp³-hybridized carbons (Fsp3) is 0.526. The molecule has 0 atom stereocenters. The van der Waals surface area contributed by atoms with Gasteiger partial charge in [0.1, 0.15) is 0 Å². The van der Waals surface area contributed by atoms with Crippen LogP contribution in [0.4, 0.5) is 26.3 Å². The van der Waals surface area contributed by atoms with Crippen LogP contribution in [-0.2, 0) is 21.0 Å². The minimum absolute atomic E-state index is 0.166. The van der Waals surface area contributed by atoms with Crippen LogP contribution in [0.5, 0.6) is 0 Å². The molecule has 2 aliphatic carbocycles. The van der Waals surface area contributed by atoms with Crippen molar-refractivity contribution >= 4 is 4.26 Å². The molecule has 2 nitrogen and oxygen atoms in total. The zero-order chi connectivity index (χ0) is 22.3. The Morgan fingerprint density at radius 3 is 1.21 bits per heavy atom. The summed E-state index contributed by atoms with van der Waals surface area (Å²) >= 11 is -2.96. The van der Waals surface area contributed by atoms with Crippen LogP contribution in [0.3, 0.4) is 0 Å². The molecular formula is C19H26F6HfO2. The van der Waals surface area contributed by atoms with Crippen LogP contribution in [0.25, 0.3) is 0 Å². The fourth-order valence-corrected chi connectivity index (χ4v) is 8.43. The topological polar surface area (TPSA) is 40.5 Å². The Morgan fingerprint density at radius 2 is 1.04 bits per heavy atom. The molecule has 28 heavy (non-hydrogen) atoms. The molecule has 0 aromatic heterocycles. The molecule has 0 amide bonds. The van der Waals surface area contributed by atoms with Crippen LogP contribution >= 0.6 is 0 Å². The molecule has 9 heteroatoms. The standard InChI is InChI=1S/2C6H4F3.2C3H8O.CH2.Hf/c2*7-6(8,9)5-3-1-2-4-5;2*1-3(2)4;;/h2*3-4H,1H2;2*3-4H,1-2H3;1H2;. The molecule has 0 unspecified atom stereocenters. The van der Waals surface area contributed by atoms with E-state index < -0.39 is 44.5 Å². The SMILES string of the molecule is CC(C)O.CC(C)O.[CH2]=[Hf]([C]1=CC(C(F)(F)F)=CC1)[C]1=CC(C(F)(F)F)=CC1. The van der Waals surface area contributed by atoms with Gasteiger partial charge in [-0.2, -0.15) is 0 Å². The average molecular weight is 579 g/mol. The molecule has 2 rings (SSSR count). The van der Waals surface area contributed by atoms with Gasteiger partial charge in [0.25, 0.3) is 0 Å². The van der Waals surface area contributed by atoms with Gasteiger partial charge in [0, 0.05) is 12.2 Å². The second-order valence-electron chi connectivity index (χ2n) is 6.73. The van der Waals surface area contributed by atoms with Crippen molar-refractivity contribution < 1.29 is 57.5 Å². The van der Waals surface area contributed by atoms with Gasteiger partial charge in [-0.3, -0.25) is 0 Å². The van der Waals surface area contributed by atoms with Gasteiger partial charge in [0.05, 0.1) is 0 Å². The summed E-state index contributed by atoms with van der Waals surface area (Å²) in [5, 5.41) is 16.1.